The topological polar surface area (TPSA) is 50.7 Å². The summed E-state index contributed by atoms with van der Waals surface area (Å²) in [5.74, 6) is 2.82. The summed E-state index contributed by atoms with van der Waals surface area (Å²) < 4.78 is 11.3. The van der Waals surface area contributed by atoms with Gasteiger partial charge in [-0.3, -0.25) is 0 Å². The van der Waals surface area contributed by atoms with Gasteiger partial charge in [0.1, 0.15) is 11.5 Å². The van der Waals surface area contributed by atoms with E-state index in [9.17, 15) is 0 Å². The molecule has 0 N–H and O–H groups in total. The molecule has 0 radical (unpaired) electrons. The molecule has 1 aliphatic heterocycles. The Hall–Kier alpha value is -2.86. The molecule has 3 aromatic rings. The van der Waals surface area contributed by atoms with Crippen LogP contribution in [0.15, 0.2) is 48.5 Å². The average molecular weight is 350 g/mol. The van der Waals surface area contributed by atoms with Crippen molar-refractivity contribution in [2.75, 3.05) is 45.2 Å². The first-order valence-corrected chi connectivity index (χ1v) is 8.75. The largest absolute Gasteiger partial charge is 0.497 e. The number of piperazine rings is 1. The summed E-state index contributed by atoms with van der Waals surface area (Å²) >= 11 is 0. The number of anilines is 1. The van der Waals surface area contributed by atoms with Gasteiger partial charge in [0.05, 0.1) is 18.0 Å². The quantitative estimate of drug-likeness (QED) is 0.720. The molecule has 0 spiro atoms. The van der Waals surface area contributed by atoms with Crippen LogP contribution in [0, 0.1) is 0 Å². The number of likely N-dealkylation sites (N-methyl/N-ethyl adjacent to an activating group) is 1. The number of fused-ring (bicyclic) bond motifs is 1. The predicted octanol–water partition coefficient (Wildman–Crippen LogP) is 3.18. The van der Waals surface area contributed by atoms with E-state index in [0.29, 0.717) is 5.88 Å². The molecule has 26 heavy (non-hydrogen) atoms. The molecule has 1 aliphatic rings. The summed E-state index contributed by atoms with van der Waals surface area (Å²) in [7, 11) is 3.78. The molecule has 0 atom stereocenters. The molecule has 1 fully saturated rings. The second-order valence-corrected chi connectivity index (χ2v) is 6.41. The number of ether oxygens (including phenoxy) is 2. The number of benzene rings is 2. The normalized spacial score (nSPS) is 15.2. The number of aromatic nitrogens is 2. The van der Waals surface area contributed by atoms with Gasteiger partial charge in [0.25, 0.3) is 0 Å². The van der Waals surface area contributed by atoms with Crippen molar-refractivity contribution in [3.8, 4) is 17.4 Å². The fourth-order valence-electron chi connectivity index (χ4n) is 3.02. The Morgan fingerprint density at radius 2 is 1.54 bits per heavy atom. The summed E-state index contributed by atoms with van der Waals surface area (Å²) in [5, 5.41) is 0.904. The molecule has 2 aromatic carbocycles. The molecular weight excluding hydrogens is 328 g/mol. The molecule has 0 saturated carbocycles. The smallest absolute Gasteiger partial charge is 0.231 e. The van der Waals surface area contributed by atoms with Crippen molar-refractivity contribution in [3.63, 3.8) is 0 Å². The zero-order valence-electron chi connectivity index (χ0n) is 15.1. The van der Waals surface area contributed by atoms with Crippen LogP contribution in [0.3, 0.4) is 0 Å². The Morgan fingerprint density at radius 3 is 2.27 bits per heavy atom. The lowest BCUT2D eigenvalue weighted by atomic mass is 10.2. The molecule has 0 unspecified atom stereocenters. The van der Waals surface area contributed by atoms with Crippen LogP contribution < -0.4 is 14.4 Å². The van der Waals surface area contributed by atoms with Gasteiger partial charge < -0.3 is 19.3 Å². The lowest BCUT2D eigenvalue weighted by molar-refractivity contribution is 0.311. The van der Waals surface area contributed by atoms with Crippen LogP contribution in [0.2, 0.25) is 0 Å². The zero-order chi connectivity index (χ0) is 17.9. The Labute approximate surface area is 153 Å². The minimum absolute atomic E-state index is 0.578. The molecule has 0 bridgehead atoms. The van der Waals surface area contributed by atoms with E-state index in [4.69, 9.17) is 19.4 Å². The standard InChI is InChI=1S/C20H22N4O2/c1-23-11-13-24(14-12-23)20-21-18-6-4-3-5-17(18)19(22-20)26-16-9-7-15(25-2)8-10-16/h3-10H,11-14H2,1-2H3. The molecule has 6 heteroatoms. The lowest BCUT2D eigenvalue weighted by Gasteiger charge is -2.32. The molecule has 4 rings (SSSR count). The molecule has 134 valence electrons. The number of hydrogen-bond donors (Lipinski definition) is 0. The fourth-order valence-corrected chi connectivity index (χ4v) is 3.02. The van der Waals surface area contributed by atoms with Gasteiger partial charge in [-0.05, 0) is 43.4 Å². The second kappa shape index (κ2) is 7.17. The minimum atomic E-state index is 0.578. The van der Waals surface area contributed by atoms with E-state index in [1.54, 1.807) is 7.11 Å². The summed E-state index contributed by atoms with van der Waals surface area (Å²) in [6, 6.07) is 15.5. The maximum absolute atomic E-state index is 6.10. The van der Waals surface area contributed by atoms with Gasteiger partial charge in [-0.15, -0.1) is 0 Å². The maximum Gasteiger partial charge on any atom is 0.231 e. The van der Waals surface area contributed by atoms with E-state index >= 15 is 0 Å². The molecule has 0 amide bonds. The Bertz CT molecular complexity index is 890. The maximum atomic E-state index is 6.10. The first kappa shape index (κ1) is 16.6. The van der Waals surface area contributed by atoms with Crippen LogP contribution in [0.4, 0.5) is 5.95 Å². The van der Waals surface area contributed by atoms with Gasteiger partial charge in [-0.2, -0.15) is 4.98 Å². The monoisotopic (exact) mass is 350 g/mol. The number of para-hydroxylation sites is 1. The van der Waals surface area contributed by atoms with Gasteiger partial charge in [-0.25, -0.2) is 4.98 Å². The van der Waals surface area contributed by atoms with Crippen molar-refractivity contribution in [1.82, 2.24) is 14.9 Å². The zero-order valence-corrected chi connectivity index (χ0v) is 15.1. The third-order valence-corrected chi connectivity index (χ3v) is 4.62. The van der Waals surface area contributed by atoms with Crippen molar-refractivity contribution in [2.45, 2.75) is 0 Å². The van der Waals surface area contributed by atoms with Gasteiger partial charge in [0.15, 0.2) is 0 Å². The van der Waals surface area contributed by atoms with Crippen LogP contribution in [0.5, 0.6) is 17.4 Å². The Morgan fingerprint density at radius 1 is 0.846 bits per heavy atom. The van der Waals surface area contributed by atoms with Gasteiger partial charge in [0, 0.05) is 26.2 Å². The van der Waals surface area contributed by atoms with E-state index in [1.165, 1.54) is 0 Å². The van der Waals surface area contributed by atoms with E-state index in [-0.39, 0.29) is 0 Å². The van der Waals surface area contributed by atoms with E-state index < -0.39 is 0 Å². The summed E-state index contributed by atoms with van der Waals surface area (Å²) in [6.45, 7) is 3.84. The molecule has 2 heterocycles. The van der Waals surface area contributed by atoms with E-state index in [1.807, 2.05) is 48.5 Å². The van der Waals surface area contributed by atoms with Crippen molar-refractivity contribution < 1.29 is 9.47 Å². The minimum Gasteiger partial charge on any atom is -0.497 e. The lowest BCUT2D eigenvalue weighted by Crippen LogP contribution is -2.45. The van der Waals surface area contributed by atoms with Crippen LogP contribution >= 0.6 is 0 Å². The van der Waals surface area contributed by atoms with Crippen molar-refractivity contribution in [3.05, 3.63) is 48.5 Å². The Kier molecular flexibility index (Phi) is 4.58. The number of nitrogens with zero attached hydrogens (tertiary/aromatic N) is 4. The molecular formula is C20H22N4O2. The van der Waals surface area contributed by atoms with Gasteiger partial charge in [0.2, 0.25) is 11.8 Å². The van der Waals surface area contributed by atoms with E-state index in [0.717, 1.165) is 54.5 Å². The SMILES string of the molecule is COc1ccc(Oc2nc(N3CCN(C)CC3)nc3ccccc23)cc1. The first-order chi connectivity index (χ1) is 12.7. The van der Waals surface area contributed by atoms with Gasteiger partial charge >= 0.3 is 0 Å². The third-order valence-electron chi connectivity index (χ3n) is 4.62. The molecule has 1 saturated heterocycles. The van der Waals surface area contributed by atoms with Crippen molar-refractivity contribution in [1.29, 1.82) is 0 Å². The Balaban J connectivity index is 1.69. The van der Waals surface area contributed by atoms with Crippen LogP contribution in [0.25, 0.3) is 10.9 Å². The third kappa shape index (κ3) is 3.41. The fraction of sp³-hybridized carbons (Fsp3) is 0.300. The highest BCUT2D eigenvalue weighted by Gasteiger charge is 2.19. The summed E-state index contributed by atoms with van der Waals surface area (Å²) in [4.78, 5) is 14.0. The number of hydrogen-bond acceptors (Lipinski definition) is 6. The second-order valence-electron chi connectivity index (χ2n) is 6.41. The molecule has 1 aromatic heterocycles. The average Bonchev–Trinajstić information content (AvgIpc) is 2.69. The summed E-state index contributed by atoms with van der Waals surface area (Å²) in [5.41, 5.74) is 0.889. The summed E-state index contributed by atoms with van der Waals surface area (Å²) in [6.07, 6.45) is 0. The van der Waals surface area contributed by atoms with Crippen LogP contribution in [-0.4, -0.2) is 55.2 Å². The highest BCUT2D eigenvalue weighted by atomic mass is 16.5. The first-order valence-electron chi connectivity index (χ1n) is 8.75. The van der Waals surface area contributed by atoms with Crippen LogP contribution in [0.1, 0.15) is 0 Å². The van der Waals surface area contributed by atoms with E-state index in [2.05, 4.69) is 16.8 Å². The number of rotatable bonds is 4. The van der Waals surface area contributed by atoms with Crippen molar-refractivity contribution in [2.24, 2.45) is 0 Å². The highest BCUT2D eigenvalue weighted by molar-refractivity contribution is 5.84. The number of methoxy groups -OCH3 is 1. The molecule has 0 aliphatic carbocycles. The predicted molar refractivity (Wildman–Crippen MR) is 102 cm³/mol. The van der Waals surface area contributed by atoms with Crippen LogP contribution in [-0.2, 0) is 0 Å². The van der Waals surface area contributed by atoms with Crippen molar-refractivity contribution >= 4 is 16.9 Å². The molecule has 6 nitrogen and oxygen atoms in total. The van der Waals surface area contributed by atoms with Gasteiger partial charge in [-0.1, -0.05) is 12.1 Å². The highest BCUT2D eigenvalue weighted by Crippen LogP contribution is 2.30.